The summed E-state index contributed by atoms with van der Waals surface area (Å²) in [4.78, 5) is 6.24. The van der Waals surface area contributed by atoms with Gasteiger partial charge < -0.3 is 15.2 Å². The van der Waals surface area contributed by atoms with Crippen molar-refractivity contribution in [3.63, 3.8) is 0 Å². The van der Waals surface area contributed by atoms with Crippen molar-refractivity contribution in [3.8, 4) is 0 Å². The van der Waals surface area contributed by atoms with Gasteiger partial charge in [-0.1, -0.05) is 0 Å². The SMILES string of the molecule is CNC(CCN(CCO)CCOC)c1ccc(F)cn1. The van der Waals surface area contributed by atoms with Crippen molar-refractivity contribution < 1.29 is 14.2 Å². The fourth-order valence-corrected chi connectivity index (χ4v) is 2.04. The number of aromatic nitrogens is 1. The summed E-state index contributed by atoms with van der Waals surface area (Å²) in [7, 11) is 3.53. The second-order valence-corrected chi connectivity index (χ2v) is 4.59. The fourth-order valence-electron chi connectivity index (χ4n) is 2.04. The molecule has 6 heteroatoms. The van der Waals surface area contributed by atoms with E-state index in [1.54, 1.807) is 13.2 Å². The van der Waals surface area contributed by atoms with E-state index in [-0.39, 0.29) is 18.5 Å². The van der Waals surface area contributed by atoms with Crippen molar-refractivity contribution in [2.75, 3.05) is 47.0 Å². The predicted octanol–water partition coefficient (Wildman–Crippen LogP) is 0.812. The summed E-state index contributed by atoms with van der Waals surface area (Å²) in [5.74, 6) is -0.328. The molecule has 114 valence electrons. The molecular weight excluding hydrogens is 261 g/mol. The van der Waals surface area contributed by atoms with Crippen LogP contribution in [0.25, 0.3) is 0 Å². The zero-order chi connectivity index (χ0) is 14.8. The van der Waals surface area contributed by atoms with Gasteiger partial charge in [0.2, 0.25) is 0 Å². The highest BCUT2D eigenvalue weighted by atomic mass is 19.1. The maximum atomic E-state index is 12.9. The van der Waals surface area contributed by atoms with Gasteiger partial charge in [-0.25, -0.2) is 4.39 Å². The van der Waals surface area contributed by atoms with Crippen LogP contribution in [0.4, 0.5) is 4.39 Å². The van der Waals surface area contributed by atoms with Crippen molar-refractivity contribution in [1.29, 1.82) is 0 Å². The minimum absolute atomic E-state index is 0.0688. The zero-order valence-corrected chi connectivity index (χ0v) is 12.2. The van der Waals surface area contributed by atoms with Crippen LogP contribution in [0.5, 0.6) is 0 Å². The lowest BCUT2D eigenvalue weighted by molar-refractivity contribution is 0.128. The molecule has 1 aromatic heterocycles. The molecule has 0 aliphatic rings. The molecule has 0 aliphatic carbocycles. The Hall–Kier alpha value is -1.08. The number of aliphatic hydroxyl groups excluding tert-OH is 1. The molecule has 0 spiro atoms. The summed E-state index contributed by atoms with van der Waals surface area (Å²) < 4.78 is 17.9. The van der Waals surface area contributed by atoms with Gasteiger partial charge >= 0.3 is 0 Å². The number of halogens is 1. The lowest BCUT2D eigenvalue weighted by Crippen LogP contribution is -2.33. The molecule has 1 aromatic rings. The summed E-state index contributed by atoms with van der Waals surface area (Å²) in [6, 6.07) is 3.19. The Morgan fingerprint density at radius 2 is 2.20 bits per heavy atom. The van der Waals surface area contributed by atoms with Crippen molar-refractivity contribution >= 4 is 0 Å². The van der Waals surface area contributed by atoms with Crippen LogP contribution >= 0.6 is 0 Å². The van der Waals surface area contributed by atoms with Gasteiger partial charge in [-0.15, -0.1) is 0 Å². The largest absolute Gasteiger partial charge is 0.395 e. The number of aliphatic hydroxyl groups is 1. The average Bonchev–Trinajstić information content (AvgIpc) is 2.47. The first kappa shape index (κ1) is 17.0. The van der Waals surface area contributed by atoms with Crippen LogP contribution in [0.1, 0.15) is 18.2 Å². The first-order valence-electron chi connectivity index (χ1n) is 6.82. The van der Waals surface area contributed by atoms with Gasteiger partial charge in [0.1, 0.15) is 5.82 Å². The van der Waals surface area contributed by atoms with Crippen molar-refractivity contribution in [2.24, 2.45) is 0 Å². The molecule has 1 atom stereocenters. The highest BCUT2D eigenvalue weighted by Gasteiger charge is 2.13. The van der Waals surface area contributed by atoms with Crippen LogP contribution < -0.4 is 5.32 Å². The van der Waals surface area contributed by atoms with Gasteiger partial charge in [0, 0.05) is 26.7 Å². The second kappa shape index (κ2) is 9.77. The zero-order valence-electron chi connectivity index (χ0n) is 12.2. The van der Waals surface area contributed by atoms with Gasteiger partial charge in [-0.3, -0.25) is 9.88 Å². The third-order valence-corrected chi connectivity index (χ3v) is 3.22. The maximum Gasteiger partial charge on any atom is 0.141 e. The molecule has 0 radical (unpaired) electrons. The quantitative estimate of drug-likeness (QED) is 0.666. The Balaban J connectivity index is 2.51. The number of hydrogen-bond acceptors (Lipinski definition) is 5. The average molecular weight is 285 g/mol. The topological polar surface area (TPSA) is 57.6 Å². The van der Waals surface area contributed by atoms with Crippen molar-refractivity contribution in [2.45, 2.75) is 12.5 Å². The molecule has 0 aromatic carbocycles. The molecule has 20 heavy (non-hydrogen) atoms. The molecule has 0 saturated heterocycles. The molecule has 1 unspecified atom stereocenters. The number of nitrogens with one attached hydrogen (secondary N) is 1. The highest BCUT2D eigenvalue weighted by molar-refractivity contribution is 5.09. The number of hydrogen-bond donors (Lipinski definition) is 2. The molecular formula is C14H24FN3O2. The standard InChI is InChI=1S/C14H24FN3O2/c1-16-13(14-4-3-12(15)11-17-14)5-6-18(7-9-19)8-10-20-2/h3-4,11,13,16,19H,5-10H2,1-2H3. The monoisotopic (exact) mass is 285 g/mol. The van der Waals surface area contributed by atoms with Crippen LogP contribution in [0, 0.1) is 5.82 Å². The van der Waals surface area contributed by atoms with Crippen LogP contribution in [0.3, 0.4) is 0 Å². The molecule has 1 rings (SSSR count). The van der Waals surface area contributed by atoms with E-state index < -0.39 is 0 Å². The van der Waals surface area contributed by atoms with Crippen molar-refractivity contribution in [3.05, 3.63) is 29.8 Å². The van der Waals surface area contributed by atoms with Crippen LogP contribution in [-0.4, -0.2) is 62.0 Å². The summed E-state index contributed by atoms with van der Waals surface area (Å²) in [6.45, 7) is 2.98. The number of pyridine rings is 1. The summed E-state index contributed by atoms with van der Waals surface area (Å²) in [5.41, 5.74) is 0.824. The van der Waals surface area contributed by atoms with E-state index >= 15 is 0 Å². The van der Waals surface area contributed by atoms with E-state index in [0.29, 0.717) is 13.2 Å². The Bertz CT molecular complexity index is 362. The molecule has 0 saturated carbocycles. The van der Waals surface area contributed by atoms with Gasteiger partial charge in [0.25, 0.3) is 0 Å². The Morgan fingerprint density at radius 3 is 2.75 bits per heavy atom. The van der Waals surface area contributed by atoms with Gasteiger partial charge in [-0.05, 0) is 25.6 Å². The van der Waals surface area contributed by atoms with Crippen LogP contribution in [0.2, 0.25) is 0 Å². The van der Waals surface area contributed by atoms with E-state index in [2.05, 4.69) is 15.2 Å². The molecule has 1 heterocycles. The van der Waals surface area contributed by atoms with E-state index in [0.717, 1.165) is 25.2 Å². The number of rotatable bonds is 10. The molecule has 0 aliphatic heterocycles. The summed E-state index contributed by atoms with van der Waals surface area (Å²) in [6.07, 6.45) is 2.06. The van der Waals surface area contributed by atoms with E-state index in [1.165, 1.54) is 12.3 Å². The minimum atomic E-state index is -0.328. The predicted molar refractivity (Wildman–Crippen MR) is 76.0 cm³/mol. The normalized spacial score (nSPS) is 12.8. The Morgan fingerprint density at radius 1 is 1.40 bits per heavy atom. The Labute approximate surface area is 119 Å². The van der Waals surface area contributed by atoms with Crippen LogP contribution in [0.15, 0.2) is 18.3 Å². The van der Waals surface area contributed by atoms with Gasteiger partial charge in [0.05, 0.1) is 31.1 Å². The summed E-state index contributed by atoms with van der Waals surface area (Å²) in [5, 5.41) is 12.2. The molecule has 2 N–H and O–H groups in total. The lowest BCUT2D eigenvalue weighted by atomic mass is 10.1. The highest BCUT2D eigenvalue weighted by Crippen LogP contribution is 2.14. The summed E-state index contributed by atoms with van der Waals surface area (Å²) >= 11 is 0. The van der Waals surface area contributed by atoms with Gasteiger partial charge in [0.15, 0.2) is 0 Å². The smallest absolute Gasteiger partial charge is 0.141 e. The van der Waals surface area contributed by atoms with E-state index in [9.17, 15) is 4.39 Å². The molecule has 5 nitrogen and oxygen atoms in total. The van der Waals surface area contributed by atoms with E-state index in [4.69, 9.17) is 9.84 Å². The van der Waals surface area contributed by atoms with Crippen LogP contribution in [-0.2, 0) is 4.74 Å². The first-order chi connectivity index (χ1) is 9.71. The second-order valence-electron chi connectivity index (χ2n) is 4.59. The number of methoxy groups -OCH3 is 1. The number of ether oxygens (including phenoxy) is 1. The van der Waals surface area contributed by atoms with Gasteiger partial charge in [-0.2, -0.15) is 0 Å². The molecule has 0 amide bonds. The first-order valence-corrected chi connectivity index (χ1v) is 6.82. The maximum absolute atomic E-state index is 12.9. The van der Waals surface area contributed by atoms with Crippen molar-refractivity contribution in [1.82, 2.24) is 15.2 Å². The lowest BCUT2D eigenvalue weighted by Gasteiger charge is -2.24. The molecule has 0 fully saturated rings. The van der Waals surface area contributed by atoms with E-state index in [1.807, 2.05) is 7.05 Å². The third kappa shape index (κ3) is 5.92. The fraction of sp³-hybridized carbons (Fsp3) is 0.643. The number of nitrogens with zero attached hydrogens (tertiary/aromatic N) is 2. The molecule has 0 bridgehead atoms. The Kier molecular flexibility index (Phi) is 8.29. The minimum Gasteiger partial charge on any atom is -0.395 e. The third-order valence-electron chi connectivity index (χ3n) is 3.22.